The lowest BCUT2D eigenvalue weighted by atomic mass is 10.1. The van der Waals surface area contributed by atoms with E-state index in [1.165, 1.54) is 18.4 Å². The van der Waals surface area contributed by atoms with E-state index in [0.717, 1.165) is 32.6 Å². The molecule has 1 aromatic rings. The van der Waals surface area contributed by atoms with Gasteiger partial charge in [-0.2, -0.15) is 0 Å². The Hall–Kier alpha value is -1.35. The summed E-state index contributed by atoms with van der Waals surface area (Å²) in [6.45, 7) is 6.15. The van der Waals surface area contributed by atoms with Crippen LogP contribution in [0.4, 0.5) is 0 Å². The molecule has 27 heavy (non-hydrogen) atoms. The Morgan fingerprint density at radius 3 is 2.44 bits per heavy atom. The van der Waals surface area contributed by atoms with Gasteiger partial charge in [0.05, 0.1) is 6.04 Å². The molecule has 0 radical (unpaired) electrons. The second-order valence-electron chi connectivity index (χ2n) is 6.93. The smallest absolute Gasteiger partial charge is 0.243 e. The lowest BCUT2D eigenvalue weighted by molar-refractivity contribution is -0.127. The van der Waals surface area contributed by atoms with E-state index in [-0.39, 0.29) is 36.4 Å². The zero-order chi connectivity index (χ0) is 18.8. The third-order valence-corrected chi connectivity index (χ3v) is 4.64. The van der Waals surface area contributed by atoms with E-state index in [1.54, 1.807) is 19.0 Å². The van der Waals surface area contributed by atoms with E-state index < -0.39 is 0 Å². The van der Waals surface area contributed by atoms with Gasteiger partial charge >= 0.3 is 0 Å². The number of benzene rings is 1. The monoisotopic (exact) mass is 487 g/mol. The number of halogens is 1. The van der Waals surface area contributed by atoms with Crippen molar-refractivity contribution < 1.29 is 4.79 Å². The Kier molecular flexibility index (Phi) is 11.3. The van der Waals surface area contributed by atoms with E-state index in [9.17, 15) is 4.79 Å². The molecule has 1 heterocycles. The molecule has 0 aromatic heterocycles. The average Bonchev–Trinajstić information content (AvgIpc) is 3.18. The molecule has 1 unspecified atom stereocenters. The van der Waals surface area contributed by atoms with E-state index in [0.29, 0.717) is 12.0 Å². The summed E-state index contributed by atoms with van der Waals surface area (Å²) in [4.78, 5) is 20.4. The highest BCUT2D eigenvalue weighted by atomic mass is 127. The first-order valence-electron chi connectivity index (χ1n) is 9.63. The van der Waals surface area contributed by atoms with Crippen molar-refractivity contribution in [3.8, 4) is 0 Å². The normalized spacial score (nSPS) is 15.7. The van der Waals surface area contributed by atoms with Crippen LogP contribution in [0.1, 0.15) is 37.8 Å². The molecule has 7 heteroatoms. The number of rotatable bonds is 8. The van der Waals surface area contributed by atoms with Gasteiger partial charge in [-0.1, -0.05) is 37.3 Å². The van der Waals surface area contributed by atoms with Gasteiger partial charge in [-0.05, 0) is 37.9 Å². The van der Waals surface area contributed by atoms with E-state index in [1.807, 2.05) is 0 Å². The minimum Gasteiger partial charge on any atom is -0.356 e. The predicted molar refractivity (Wildman–Crippen MR) is 123 cm³/mol. The maximum Gasteiger partial charge on any atom is 0.243 e. The van der Waals surface area contributed by atoms with Crippen LogP contribution in [0.3, 0.4) is 0 Å². The Morgan fingerprint density at radius 2 is 1.85 bits per heavy atom. The Balaban J connectivity index is 0.00000364. The van der Waals surface area contributed by atoms with Gasteiger partial charge in [-0.15, -0.1) is 24.0 Å². The van der Waals surface area contributed by atoms with Crippen LogP contribution in [-0.4, -0.2) is 68.5 Å². The third-order valence-electron chi connectivity index (χ3n) is 4.64. The number of carbonyl (C=O) groups excluding carboxylic acids is 1. The van der Waals surface area contributed by atoms with Crippen molar-refractivity contribution in [2.75, 3.05) is 46.8 Å². The van der Waals surface area contributed by atoms with Gasteiger partial charge in [0.25, 0.3) is 0 Å². The summed E-state index contributed by atoms with van der Waals surface area (Å²) in [6.07, 6.45) is 3.53. The summed E-state index contributed by atoms with van der Waals surface area (Å²) in [5.74, 6) is 0.712. The van der Waals surface area contributed by atoms with Crippen LogP contribution in [0.5, 0.6) is 0 Å². The Morgan fingerprint density at radius 1 is 1.19 bits per heavy atom. The molecular formula is C20H34IN5O. The predicted octanol–water partition coefficient (Wildman–Crippen LogP) is 2.47. The van der Waals surface area contributed by atoms with Crippen LogP contribution in [0.15, 0.2) is 35.3 Å². The van der Waals surface area contributed by atoms with E-state index in [2.05, 4.69) is 57.8 Å². The molecule has 2 N–H and O–H groups in total. The lowest BCUT2D eigenvalue weighted by Crippen LogP contribution is -2.43. The molecule has 1 aromatic carbocycles. The maximum atomic E-state index is 11.8. The number of hydrogen-bond acceptors (Lipinski definition) is 3. The number of guanidine groups is 1. The zero-order valence-corrected chi connectivity index (χ0v) is 19.1. The first kappa shape index (κ1) is 23.7. The summed E-state index contributed by atoms with van der Waals surface area (Å²) >= 11 is 0. The summed E-state index contributed by atoms with van der Waals surface area (Å²) in [5.41, 5.74) is 1.32. The minimum atomic E-state index is 0. The summed E-state index contributed by atoms with van der Waals surface area (Å²) in [5, 5.41) is 6.76. The summed E-state index contributed by atoms with van der Waals surface area (Å²) < 4.78 is 0. The number of amides is 1. The minimum absolute atomic E-state index is 0. The lowest BCUT2D eigenvalue weighted by Gasteiger charge is -2.29. The quantitative estimate of drug-likeness (QED) is 0.336. The second-order valence-corrected chi connectivity index (χ2v) is 6.93. The van der Waals surface area contributed by atoms with Gasteiger partial charge in [0, 0.05) is 27.2 Å². The summed E-state index contributed by atoms with van der Waals surface area (Å²) in [6, 6.07) is 10.9. The average molecular weight is 487 g/mol. The van der Waals surface area contributed by atoms with Crippen molar-refractivity contribution >= 4 is 35.8 Å². The van der Waals surface area contributed by atoms with E-state index in [4.69, 9.17) is 0 Å². The first-order valence-corrected chi connectivity index (χ1v) is 9.63. The molecule has 1 atom stereocenters. The van der Waals surface area contributed by atoms with Crippen molar-refractivity contribution in [3.63, 3.8) is 0 Å². The van der Waals surface area contributed by atoms with Crippen LogP contribution >= 0.6 is 24.0 Å². The topological polar surface area (TPSA) is 60.0 Å². The van der Waals surface area contributed by atoms with Gasteiger partial charge in [0.1, 0.15) is 6.54 Å². The van der Waals surface area contributed by atoms with Crippen LogP contribution in [0, 0.1) is 0 Å². The van der Waals surface area contributed by atoms with Crippen molar-refractivity contribution in [1.29, 1.82) is 0 Å². The molecule has 1 amide bonds. The van der Waals surface area contributed by atoms with Gasteiger partial charge in [-0.25, -0.2) is 4.99 Å². The van der Waals surface area contributed by atoms with E-state index >= 15 is 0 Å². The molecule has 0 saturated carbocycles. The number of likely N-dealkylation sites (tertiary alicyclic amines) is 1. The molecule has 0 spiro atoms. The molecule has 2 rings (SSSR count). The molecule has 6 nitrogen and oxygen atoms in total. The van der Waals surface area contributed by atoms with Gasteiger partial charge < -0.3 is 15.5 Å². The molecule has 1 aliphatic rings. The molecule has 1 aliphatic heterocycles. The molecule has 152 valence electrons. The fraction of sp³-hybridized carbons (Fsp3) is 0.600. The van der Waals surface area contributed by atoms with Crippen LogP contribution in [-0.2, 0) is 4.79 Å². The number of nitrogens with zero attached hydrogens (tertiary/aromatic N) is 3. The molecular weight excluding hydrogens is 453 g/mol. The molecule has 0 aliphatic carbocycles. The SMILES string of the molecule is CCCNC(=NCC(=O)N(C)C)NCC(c1ccccc1)N1CCCC1.I. The van der Waals surface area contributed by atoms with Crippen LogP contribution in [0.25, 0.3) is 0 Å². The fourth-order valence-corrected chi connectivity index (χ4v) is 3.09. The number of aliphatic imine (C=N–C) groups is 1. The number of carbonyl (C=O) groups is 1. The zero-order valence-electron chi connectivity index (χ0n) is 16.8. The summed E-state index contributed by atoms with van der Waals surface area (Å²) in [7, 11) is 3.51. The molecule has 1 saturated heterocycles. The van der Waals surface area contributed by atoms with Gasteiger partial charge in [-0.3, -0.25) is 9.69 Å². The van der Waals surface area contributed by atoms with Crippen molar-refractivity contribution in [3.05, 3.63) is 35.9 Å². The Bertz CT molecular complexity index is 573. The second kappa shape index (κ2) is 12.9. The largest absolute Gasteiger partial charge is 0.356 e. The molecule has 0 bridgehead atoms. The highest BCUT2D eigenvalue weighted by Gasteiger charge is 2.23. The molecule has 1 fully saturated rings. The number of hydrogen-bond donors (Lipinski definition) is 2. The third kappa shape index (κ3) is 8.04. The highest BCUT2D eigenvalue weighted by molar-refractivity contribution is 14.0. The van der Waals surface area contributed by atoms with Crippen molar-refractivity contribution in [2.24, 2.45) is 4.99 Å². The standard InChI is InChI=1S/C20H33N5O.HI/c1-4-12-21-20(23-16-19(26)24(2)3)22-15-18(25-13-8-9-14-25)17-10-6-5-7-11-17;/h5-7,10-11,18H,4,8-9,12-16H2,1-3H3,(H2,21,22,23);1H. The highest BCUT2D eigenvalue weighted by Crippen LogP contribution is 2.24. The van der Waals surface area contributed by atoms with Crippen molar-refractivity contribution in [2.45, 2.75) is 32.2 Å². The number of likely N-dealkylation sites (N-methyl/N-ethyl adjacent to an activating group) is 1. The maximum absolute atomic E-state index is 11.8. The van der Waals surface area contributed by atoms with Crippen LogP contribution in [0.2, 0.25) is 0 Å². The van der Waals surface area contributed by atoms with Crippen LogP contribution < -0.4 is 10.6 Å². The Labute approximate surface area is 180 Å². The van der Waals surface area contributed by atoms with Gasteiger partial charge in [0.2, 0.25) is 5.91 Å². The van der Waals surface area contributed by atoms with Gasteiger partial charge in [0.15, 0.2) is 5.96 Å². The fourth-order valence-electron chi connectivity index (χ4n) is 3.09. The van der Waals surface area contributed by atoms with Crippen molar-refractivity contribution in [1.82, 2.24) is 20.4 Å². The first-order chi connectivity index (χ1) is 12.6. The number of nitrogens with one attached hydrogen (secondary N) is 2.